The van der Waals surface area contributed by atoms with Gasteiger partial charge in [0.05, 0.1) is 27.8 Å². The SMILES string of the molecule is CC1(C)c2ccccc2-c2cc3c4ccccc4n(-c4ccc(-c5ccc6c(c5)C(C)(C)c5cc7c8ccccc8sc7c7c8ccccc8n-6c57)cc4)c3cc21. The largest absolute Gasteiger partial charge is 0.309 e. The maximum Gasteiger partial charge on any atom is 0.0596 e. The molecule has 3 aromatic heterocycles. The molecule has 0 N–H and O–H groups in total. The molecule has 11 aromatic rings. The van der Waals surface area contributed by atoms with Crippen molar-refractivity contribution in [2.45, 2.75) is 38.5 Å². The van der Waals surface area contributed by atoms with Gasteiger partial charge in [-0.1, -0.05) is 125 Å². The summed E-state index contributed by atoms with van der Waals surface area (Å²) in [6.45, 7) is 9.59. The average molecular weight is 747 g/mol. The highest BCUT2D eigenvalue weighted by molar-refractivity contribution is 7.26. The van der Waals surface area contributed by atoms with Crippen molar-refractivity contribution in [1.29, 1.82) is 0 Å². The third-order valence-corrected chi connectivity index (χ3v) is 14.9. The molecule has 0 amide bonds. The van der Waals surface area contributed by atoms with Gasteiger partial charge < -0.3 is 9.13 Å². The molecule has 0 unspecified atom stereocenters. The monoisotopic (exact) mass is 746 g/mol. The van der Waals surface area contributed by atoms with Gasteiger partial charge in [0.2, 0.25) is 0 Å². The van der Waals surface area contributed by atoms with E-state index in [4.69, 9.17) is 0 Å². The van der Waals surface area contributed by atoms with Crippen LogP contribution in [0, 0.1) is 0 Å². The van der Waals surface area contributed by atoms with Crippen LogP contribution in [0.4, 0.5) is 0 Å². The Bertz CT molecular complexity index is 3570. The summed E-state index contributed by atoms with van der Waals surface area (Å²) in [5.41, 5.74) is 18.1. The maximum atomic E-state index is 2.55. The van der Waals surface area contributed by atoms with Crippen LogP contribution in [0.3, 0.4) is 0 Å². The molecule has 1 aliphatic heterocycles. The lowest BCUT2D eigenvalue weighted by Gasteiger charge is -2.35. The number of benzene rings is 8. The molecule has 0 saturated heterocycles. The number of nitrogens with zero attached hydrogens (tertiary/aromatic N) is 2. The molecular weight excluding hydrogens is 709 g/mol. The Balaban J connectivity index is 0.976. The van der Waals surface area contributed by atoms with E-state index < -0.39 is 0 Å². The van der Waals surface area contributed by atoms with Crippen LogP contribution in [-0.2, 0) is 10.8 Å². The lowest BCUT2D eigenvalue weighted by molar-refractivity contribution is 0.631. The Hall–Kier alpha value is -6.42. The summed E-state index contributed by atoms with van der Waals surface area (Å²) >= 11 is 1.93. The maximum absolute atomic E-state index is 2.55. The number of fused-ring (bicyclic) bond motifs is 15. The first-order valence-electron chi connectivity index (χ1n) is 20.1. The lowest BCUT2D eigenvalue weighted by Crippen LogP contribution is -2.26. The third kappa shape index (κ3) is 3.95. The molecule has 4 heterocycles. The van der Waals surface area contributed by atoms with Crippen molar-refractivity contribution in [2.75, 3.05) is 0 Å². The van der Waals surface area contributed by atoms with E-state index in [0.717, 1.165) is 0 Å². The van der Waals surface area contributed by atoms with Crippen molar-refractivity contribution < 1.29 is 0 Å². The Labute approximate surface area is 334 Å². The molecule has 2 aliphatic rings. The summed E-state index contributed by atoms with van der Waals surface area (Å²) in [6.07, 6.45) is 0. The van der Waals surface area contributed by atoms with Gasteiger partial charge in [0.1, 0.15) is 0 Å². The van der Waals surface area contributed by atoms with E-state index in [9.17, 15) is 0 Å². The Morgan fingerprint density at radius 2 is 1.09 bits per heavy atom. The minimum atomic E-state index is -0.207. The second kappa shape index (κ2) is 10.7. The molecule has 270 valence electrons. The van der Waals surface area contributed by atoms with E-state index in [0.29, 0.717) is 0 Å². The van der Waals surface area contributed by atoms with Gasteiger partial charge in [-0.25, -0.2) is 0 Å². The van der Waals surface area contributed by atoms with Crippen LogP contribution >= 0.6 is 11.3 Å². The quantitative estimate of drug-likeness (QED) is 0.167. The van der Waals surface area contributed by atoms with Crippen LogP contribution in [0.5, 0.6) is 0 Å². The van der Waals surface area contributed by atoms with Crippen LogP contribution in [-0.4, -0.2) is 9.13 Å². The predicted molar refractivity (Wildman–Crippen MR) is 243 cm³/mol. The summed E-state index contributed by atoms with van der Waals surface area (Å²) in [7, 11) is 0. The highest BCUT2D eigenvalue weighted by Crippen LogP contribution is 2.54. The molecule has 57 heavy (non-hydrogen) atoms. The van der Waals surface area contributed by atoms with E-state index in [-0.39, 0.29) is 10.8 Å². The molecule has 0 radical (unpaired) electrons. The number of para-hydroxylation sites is 2. The predicted octanol–water partition coefficient (Wildman–Crippen LogP) is 14.9. The van der Waals surface area contributed by atoms with E-state index in [2.05, 4.69) is 195 Å². The molecule has 1 aliphatic carbocycles. The van der Waals surface area contributed by atoms with Gasteiger partial charge in [0.25, 0.3) is 0 Å². The first-order chi connectivity index (χ1) is 27.8. The number of aromatic nitrogens is 2. The van der Waals surface area contributed by atoms with Crippen LogP contribution in [0.15, 0.2) is 158 Å². The number of rotatable bonds is 2. The second-order valence-electron chi connectivity index (χ2n) is 17.3. The van der Waals surface area contributed by atoms with Gasteiger partial charge in [-0.15, -0.1) is 11.3 Å². The van der Waals surface area contributed by atoms with Crippen molar-refractivity contribution in [3.8, 4) is 33.6 Å². The van der Waals surface area contributed by atoms with Gasteiger partial charge in [-0.05, 0) is 105 Å². The van der Waals surface area contributed by atoms with Crippen molar-refractivity contribution in [3.63, 3.8) is 0 Å². The highest BCUT2D eigenvalue weighted by Gasteiger charge is 2.38. The zero-order chi connectivity index (χ0) is 37.9. The summed E-state index contributed by atoms with van der Waals surface area (Å²) in [5.74, 6) is 0. The first kappa shape index (κ1) is 31.7. The number of hydrogen-bond donors (Lipinski definition) is 0. The summed E-state index contributed by atoms with van der Waals surface area (Å²) < 4.78 is 7.76. The first-order valence-corrected chi connectivity index (χ1v) is 20.9. The van der Waals surface area contributed by atoms with E-state index in [1.54, 1.807) is 0 Å². The van der Waals surface area contributed by atoms with Crippen LogP contribution in [0.25, 0.3) is 97.4 Å². The summed E-state index contributed by atoms with van der Waals surface area (Å²) in [6, 6.07) is 59.6. The van der Waals surface area contributed by atoms with E-state index in [1.165, 1.54) is 120 Å². The molecule has 2 nitrogen and oxygen atoms in total. The van der Waals surface area contributed by atoms with Crippen molar-refractivity contribution in [3.05, 3.63) is 180 Å². The van der Waals surface area contributed by atoms with Crippen LogP contribution in [0.2, 0.25) is 0 Å². The normalized spacial score (nSPS) is 14.9. The highest BCUT2D eigenvalue weighted by atomic mass is 32.1. The molecule has 13 rings (SSSR count). The molecule has 3 heteroatoms. The summed E-state index contributed by atoms with van der Waals surface area (Å²) in [5, 5.41) is 8.03. The van der Waals surface area contributed by atoms with Gasteiger partial charge in [-0.2, -0.15) is 0 Å². The zero-order valence-electron chi connectivity index (χ0n) is 32.3. The minimum absolute atomic E-state index is 0.0613. The zero-order valence-corrected chi connectivity index (χ0v) is 33.1. The third-order valence-electron chi connectivity index (χ3n) is 13.7. The topological polar surface area (TPSA) is 9.86 Å². The fourth-order valence-corrected chi connectivity index (χ4v) is 12.1. The number of hydrogen-bond acceptors (Lipinski definition) is 1. The fraction of sp³-hybridized carbons (Fsp3) is 0.111. The van der Waals surface area contributed by atoms with Crippen LogP contribution in [0.1, 0.15) is 49.9 Å². The van der Waals surface area contributed by atoms with E-state index in [1.807, 2.05) is 11.3 Å². The molecular formula is C54H38N2S. The number of thiophene rings is 1. The lowest BCUT2D eigenvalue weighted by atomic mass is 9.73. The average Bonchev–Trinajstić information content (AvgIpc) is 3.95. The van der Waals surface area contributed by atoms with Crippen molar-refractivity contribution in [1.82, 2.24) is 9.13 Å². The van der Waals surface area contributed by atoms with Crippen LogP contribution < -0.4 is 0 Å². The van der Waals surface area contributed by atoms with Gasteiger partial charge in [0.15, 0.2) is 0 Å². The molecule has 0 fully saturated rings. The minimum Gasteiger partial charge on any atom is -0.309 e. The molecule has 0 bridgehead atoms. The van der Waals surface area contributed by atoms with Gasteiger partial charge in [0, 0.05) is 58.2 Å². The molecule has 0 saturated carbocycles. The van der Waals surface area contributed by atoms with Gasteiger partial charge in [-0.3, -0.25) is 0 Å². The molecule has 0 spiro atoms. The second-order valence-corrected chi connectivity index (χ2v) is 18.4. The van der Waals surface area contributed by atoms with Crippen molar-refractivity contribution >= 4 is 75.1 Å². The Morgan fingerprint density at radius 3 is 1.91 bits per heavy atom. The molecule has 0 atom stereocenters. The molecule has 8 aromatic carbocycles. The summed E-state index contributed by atoms with van der Waals surface area (Å²) in [4.78, 5) is 0. The Kier molecular flexibility index (Phi) is 5.96. The smallest absolute Gasteiger partial charge is 0.0596 e. The standard InChI is InChI=1S/C54H38N2S/c1-53(2)41-17-9-5-13-34(41)38-28-39-35-14-6-10-18-45(35)55(48(39)30-42(38)53)33-24-21-31(22-25-33)32-23-26-47-43(27-32)54(3,4)44-29-40-36-15-8-12-20-49(36)57-52(40)50-37-16-7-11-19-46(37)56(47)51(44)50/h5-30H,1-4H3. The Morgan fingerprint density at radius 1 is 0.421 bits per heavy atom. The van der Waals surface area contributed by atoms with E-state index >= 15 is 0 Å². The van der Waals surface area contributed by atoms with Crippen molar-refractivity contribution in [2.24, 2.45) is 0 Å². The van der Waals surface area contributed by atoms with Gasteiger partial charge >= 0.3 is 0 Å². The fourth-order valence-electron chi connectivity index (χ4n) is 10.9.